The van der Waals surface area contributed by atoms with E-state index in [1.54, 1.807) is 0 Å². The highest BCUT2D eigenvalue weighted by molar-refractivity contribution is 6.34. The van der Waals surface area contributed by atoms with Crippen molar-refractivity contribution in [2.24, 2.45) is 0 Å². The molecular formula is C18H12N2O6. The van der Waals surface area contributed by atoms with E-state index in [2.05, 4.69) is 6.58 Å². The van der Waals surface area contributed by atoms with E-state index < -0.39 is 22.7 Å². The Bertz CT molecular complexity index is 995. The summed E-state index contributed by atoms with van der Waals surface area (Å²) in [5.74, 6) is -1.79. The van der Waals surface area contributed by atoms with Crippen molar-refractivity contribution in [1.29, 1.82) is 0 Å². The predicted octanol–water partition coefficient (Wildman–Crippen LogP) is 2.88. The molecule has 0 aromatic heterocycles. The summed E-state index contributed by atoms with van der Waals surface area (Å²) in [6.07, 6.45) is 0. The van der Waals surface area contributed by atoms with Gasteiger partial charge in [-0.1, -0.05) is 12.6 Å². The van der Waals surface area contributed by atoms with Gasteiger partial charge in [0.25, 0.3) is 17.5 Å². The van der Waals surface area contributed by atoms with Gasteiger partial charge in [-0.25, -0.2) is 9.69 Å². The minimum Gasteiger partial charge on any atom is -0.423 e. The normalized spacial score (nSPS) is 12.7. The van der Waals surface area contributed by atoms with Crippen LogP contribution >= 0.6 is 0 Å². The van der Waals surface area contributed by atoms with E-state index in [4.69, 9.17) is 4.74 Å². The van der Waals surface area contributed by atoms with Crippen LogP contribution in [-0.2, 0) is 4.79 Å². The molecule has 0 fully saturated rings. The molecule has 8 heteroatoms. The Morgan fingerprint density at radius 3 is 2.46 bits per heavy atom. The van der Waals surface area contributed by atoms with Crippen molar-refractivity contribution < 1.29 is 24.0 Å². The molecule has 0 radical (unpaired) electrons. The second-order valence-electron chi connectivity index (χ2n) is 5.60. The molecule has 130 valence electrons. The summed E-state index contributed by atoms with van der Waals surface area (Å²) in [4.78, 5) is 47.9. The number of anilines is 1. The summed E-state index contributed by atoms with van der Waals surface area (Å²) in [6.45, 7) is 4.97. The van der Waals surface area contributed by atoms with Gasteiger partial charge in [-0.2, -0.15) is 0 Å². The third kappa shape index (κ3) is 2.84. The Morgan fingerprint density at radius 2 is 1.81 bits per heavy atom. The number of hydrogen-bond donors (Lipinski definition) is 0. The zero-order chi connectivity index (χ0) is 19.0. The van der Waals surface area contributed by atoms with Crippen molar-refractivity contribution in [3.8, 4) is 5.75 Å². The minimum absolute atomic E-state index is 0.0477. The van der Waals surface area contributed by atoms with Crippen LogP contribution in [0.15, 0.2) is 54.6 Å². The van der Waals surface area contributed by atoms with Crippen molar-refractivity contribution in [2.45, 2.75) is 6.92 Å². The first kappa shape index (κ1) is 17.0. The lowest BCUT2D eigenvalue weighted by Gasteiger charge is -2.14. The van der Waals surface area contributed by atoms with E-state index in [1.165, 1.54) is 43.3 Å². The van der Waals surface area contributed by atoms with Crippen LogP contribution in [0.4, 0.5) is 11.4 Å². The molecule has 2 aromatic carbocycles. The summed E-state index contributed by atoms with van der Waals surface area (Å²) < 4.78 is 5.10. The van der Waals surface area contributed by atoms with Crippen molar-refractivity contribution in [1.82, 2.24) is 0 Å². The molecule has 0 aliphatic carbocycles. The third-order valence-corrected chi connectivity index (χ3v) is 3.72. The van der Waals surface area contributed by atoms with E-state index in [9.17, 15) is 24.5 Å². The molecule has 0 bridgehead atoms. The molecule has 0 unspecified atom stereocenters. The monoisotopic (exact) mass is 352 g/mol. The Hall–Kier alpha value is -3.81. The number of nitrogens with zero attached hydrogens (tertiary/aromatic N) is 2. The quantitative estimate of drug-likeness (QED) is 0.209. The van der Waals surface area contributed by atoms with E-state index in [1.807, 2.05) is 0 Å². The smallest absolute Gasteiger partial charge is 0.338 e. The van der Waals surface area contributed by atoms with Crippen LogP contribution in [0.3, 0.4) is 0 Å². The van der Waals surface area contributed by atoms with Crippen LogP contribution < -0.4 is 9.64 Å². The van der Waals surface area contributed by atoms with Gasteiger partial charge >= 0.3 is 5.97 Å². The molecule has 1 heterocycles. The lowest BCUT2D eigenvalue weighted by Crippen LogP contribution is -2.29. The Morgan fingerprint density at radius 1 is 1.12 bits per heavy atom. The van der Waals surface area contributed by atoms with Gasteiger partial charge in [-0.15, -0.1) is 0 Å². The fraction of sp³-hybridized carbons (Fsp3) is 0.0556. The fourth-order valence-electron chi connectivity index (χ4n) is 2.46. The average molecular weight is 352 g/mol. The predicted molar refractivity (Wildman–Crippen MR) is 91.1 cm³/mol. The highest BCUT2D eigenvalue weighted by atomic mass is 16.6. The minimum atomic E-state index is -0.683. The number of ether oxygens (including phenoxy) is 1. The van der Waals surface area contributed by atoms with Gasteiger partial charge in [0.1, 0.15) is 5.75 Å². The number of fused-ring (bicyclic) bond motifs is 1. The Balaban J connectivity index is 1.97. The second-order valence-corrected chi connectivity index (χ2v) is 5.60. The van der Waals surface area contributed by atoms with Crippen molar-refractivity contribution in [3.63, 3.8) is 0 Å². The van der Waals surface area contributed by atoms with Gasteiger partial charge in [-0.05, 0) is 25.1 Å². The number of non-ortho nitro benzene ring substituents is 1. The molecule has 0 spiro atoms. The molecule has 2 amide bonds. The van der Waals surface area contributed by atoms with E-state index in [-0.39, 0.29) is 33.8 Å². The maximum Gasteiger partial charge on any atom is 0.338 e. The fourth-order valence-corrected chi connectivity index (χ4v) is 2.46. The summed E-state index contributed by atoms with van der Waals surface area (Å²) in [6, 6.07) is 9.35. The molecular weight excluding hydrogens is 340 g/mol. The number of hydrogen-bond acceptors (Lipinski definition) is 6. The van der Waals surface area contributed by atoms with Crippen LogP contribution in [0.2, 0.25) is 0 Å². The largest absolute Gasteiger partial charge is 0.423 e. The number of rotatable bonds is 4. The molecule has 3 rings (SSSR count). The van der Waals surface area contributed by atoms with Crippen LogP contribution in [0.5, 0.6) is 5.75 Å². The number of carbonyl (C=O) groups is 3. The molecule has 1 aliphatic rings. The molecule has 8 nitrogen and oxygen atoms in total. The number of nitro groups is 1. The number of benzene rings is 2. The maximum absolute atomic E-state index is 12.6. The first-order valence-electron chi connectivity index (χ1n) is 7.44. The van der Waals surface area contributed by atoms with E-state index >= 15 is 0 Å². The molecule has 2 aromatic rings. The third-order valence-electron chi connectivity index (χ3n) is 3.72. The number of carbonyl (C=O) groups excluding carboxylic acids is 3. The average Bonchev–Trinajstić information content (AvgIpc) is 2.85. The molecule has 0 N–H and O–H groups in total. The number of nitro benzene ring substituents is 1. The van der Waals surface area contributed by atoms with Crippen LogP contribution in [0.1, 0.15) is 27.6 Å². The van der Waals surface area contributed by atoms with Gasteiger partial charge < -0.3 is 4.74 Å². The maximum atomic E-state index is 12.6. The molecule has 0 atom stereocenters. The summed E-state index contributed by atoms with van der Waals surface area (Å²) in [7, 11) is 0. The van der Waals surface area contributed by atoms with Gasteiger partial charge in [0.05, 0.1) is 21.7 Å². The summed E-state index contributed by atoms with van der Waals surface area (Å²) in [5.41, 5.74) is 0.128. The second kappa shape index (κ2) is 6.25. The van der Waals surface area contributed by atoms with Crippen LogP contribution in [0, 0.1) is 10.1 Å². The summed E-state index contributed by atoms with van der Waals surface area (Å²) in [5, 5.41) is 10.9. The topological polar surface area (TPSA) is 107 Å². The van der Waals surface area contributed by atoms with E-state index in [0.29, 0.717) is 0 Å². The molecule has 1 aliphatic heterocycles. The Kier molecular flexibility index (Phi) is 4.09. The molecule has 0 saturated heterocycles. The van der Waals surface area contributed by atoms with Crippen LogP contribution in [-0.4, -0.2) is 22.7 Å². The first-order valence-corrected chi connectivity index (χ1v) is 7.44. The highest BCUT2D eigenvalue weighted by Crippen LogP contribution is 2.32. The molecule has 0 saturated carbocycles. The first-order chi connectivity index (χ1) is 12.3. The van der Waals surface area contributed by atoms with Gasteiger partial charge in [0.15, 0.2) is 0 Å². The summed E-state index contributed by atoms with van der Waals surface area (Å²) >= 11 is 0. The van der Waals surface area contributed by atoms with Crippen molar-refractivity contribution in [3.05, 3.63) is 75.9 Å². The zero-order valence-electron chi connectivity index (χ0n) is 13.6. The SMILES string of the molecule is C=C(C)C(=O)Oc1cccc(N2C(=O)c3ccc([N+](=O)[O-])cc3C2=O)c1. The van der Waals surface area contributed by atoms with Gasteiger partial charge in [0.2, 0.25) is 0 Å². The Labute approximate surface area is 147 Å². The van der Waals surface area contributed by atoms with Crippen molar-refractivity contribution in [2.75, 3.05) is 4.90 Å². The highest BCUT2D eigenvalue weighted by Gasteiger charge is 2.38. The molecule has 26 heavy (non-hydrogen) atoms. The lowest BCUT2D eigenvalue weighted by atomic mass is 10.1. The van der Waals surface area contributed by atoms with Crippen molar-refractivity contribution >= 4 is 29.2 Å². The van der Waals surface area contributed by atoms with Gasteiger partial charge in [-0.3, -0.25) is 19.7 Å². The zero-order valence-corrected chi connectivity index (χ0v) is 13.6. The lowest BCUT2D eigenvalue weighted by molar-refractivity contribution is -0.384. The standard InChI is InChI=1S/C18H12N2O6/c1-10(2)18(23)26-13-5-3-4-11(8-13)19-16(21)14-7-6-12(20(24)25)9-15(14)17(19)22/h3-9H,1H2,2H3. The van der Waals surface area contributed by atoms with E-state index in [0.717, 1.165) is 11.0 Å². The number of esters is 1. The van der Waals surface area contributed by atoms with Crippen LogP contribution in [0.25, 0.3) is 0 Å². The number of amides is 2. The number of imide groups is 1. The van der Waals surface area contributed by atoms with Gasteiger partial charge in [0, 0.05) is 23.8 Å².